The summed E-state index contributed by atoms with van der Waals surface area (Å²) in [4.78, 5) is 0. The fraction of sp³-hybridized carbons (Fsp3) is 0.471. The topological polar surface area (TPSA) is 39.1 Å². The lowest BCUT2D eigenvalue weighted by Gasteiger charge is -2.33. The Morgan fingerprint density at radius 1 is 1.24 bits per heavy atom. The zero-order valence-corrected chi connectivity index (χ0v) is 12.6. The zero-order valence-electron chi connectivity index (χ0n) is 12.6. The Morgan fingerprint density at radius 3 is 2.67 bits per heavy atom. The molecule has 1 fully saturated rings. The second-order valence-corrected chi connectivity index (χ2v) is 6.14. The monoisotopic (exact) mass is 285 g/mol. The Labute approximate surface area is 126 Å². The molecule has 0 atom stereocenters. The van der Waals surface area contributed by atoms with E-state index < -0.39 is 0 Å². The lowest BCUT2D eigenvalue weighted by molar-refractivity contribution is 0.0240. The van der Waals surface area contributed by atoms with Crippen LogP contribution in [0.5, 0.6) is 0 Å². The van der Waals surface area contributed by atoms with Gasteiger partial charge in [0.1, 0.15) is 0 Å². The van der Waals surface area contributed by atoms with Crippen molar-refractivity contribution < 1.29 is 4.74 Å². The number of nitrogens with one attached hydrogen (secondary N) is 1. The molecule has 0 spiro atoms. The first kappa shape index (κ1) is 14.3. The minimum absolute atomic E-state index is 0.382. The number of ether oxygens (including phenoxy) is 1. The standard InChI is InChI=1S/C17H23N3O/c1-17(7-11-21-12-8-17)14-18-13-15-3-5-16(6-4-15)20-10-2-9-19-20/h2-6,9-10,18H,7-8,11-14H2,1H3. The van der Waals surface area contributed by atoms with E-state index in [0.717, 1.165) is 44.8 Å². The van der Waals surface area contributed by atoms with Crippen LogP contribution < -0.4 is 5.32 Å². The molecule has 0 aliphatic carbocycles. The van der Waals surface area contributed by atoms with Crippen LogP contribution in [0, 0.1) is 5.41 Å². The Morgan fingerprint density at radius 2 is 2.00 bits per heavy atom. The first-order valence-electron chi connectivity index (χ1n) is 7.63. The SMILES string of the molecule is CC1(CNCc2ccc(-n3cccn3)cc2)CCOCC1. The van der Waals surface area contributed by atoms with Gasteiger partial charge in [0.25, 0.3) is 0 Å². The average molecular weight is 285 g/mol. The molecule has 0 amide bonds. The molecule has 0 bridgehead atoms. The van der Waals surface area contributed by atoms with Crippen LogP contribution in [0.2, 0.25) is 0 Å². The van der Waals surface area contributed by atoms with Crippen molar-refractivity contribution in [2.24, 2.45) is 5.41 Å². The van der Waals surface area contributed by atoms with Gasteiger partial charge in [0, 0.05) is 38.7 Å². The summed E-state index contributed by atoms with van der Waals surface area (Å²) in [6.07, 6.45) is 6.06. The summed E-state index contributed by atoms with van der Waals surface area (Å²) >= 11 is 0. The number of hydrogen-bond donors (Lipinski definition) is 1. The number of hydrogen-bond acceptors (Lipinski definition) is 3. The van der Waals surface area contributed by atoms with Crippen molar-refractivity contribution in [3.05, 3.63) is 48.3 Å². The lowest BCUT2D eigenvalue weighted by atomic mass is 9.82. The number of aromatic nitrogens is 2. The third-order valence-electron chi connectivity index (χ3n) is 4.29. The largest absolute Gasteiger partial charge is 0.381 e. The van der Waals surface area contributed by atoms with Gasteiger partial charge in [-0.1, -0.05) is 19.1 Å². The highest BCUT2D eigenvalue weighted by atomic mass is 16.5. The van der Waals surface area contributed by atoms with Crippen LogP contribution in [0.3, 0.4) is 0 Å². The Balaban J connectivity index is 1.51. The predicted octanol–water partition coefficient (Wildman–Crippen LogP) is 2.78. The lowest BCUT2D eigenvalue weighted by Crippen LogP contribution is -2.36. The van der Waals surface area contributed by atoms with Crippen LogP contribution in [-0.2, 0) is 11.3 Å². The molecule has 4 nitrogen and oxygen atoms in total. The molecule has 1 N–H and O–H groups in total. The fourth-order valence-corrected chi connectivity index (χ4v) is 2.74. The van der Waals surface area contributed by atoms with Gasteiger partial charge in [-0.3, -0.25) is 0 Å². The fourth-order valence-electron chi connectivity index (χ4n) is 2.74. The predicted molar refractivity (Wildman–Crippen MR) is 83.4 cm³/mol. The van der Waals surface area contributed by atoms with E-state index in [1.165, 1.54) is 5.56 Å². The van der Waals surface area contributed by atoms with Crippen molar-refractivity contribution in [2.75, 3.05) is 19.8 Å². The van der Waals surface area contributed by atoms with Crippen molar-refractivity contribution >= 4 is 0 Å². The van der Waals surface area contributed by atoms with Crippen molar-refractivity contribution in [1.82, 2.24) is 15.1 Å². The molecule has 0 unspecified atom stereocenters. The van der Waals surface area contributed by atoms with Crippen LogP contribution in [0.15, 0.2) is 42.7 Å². The third-order valence-corrected chi connectivity index (χ3v) is 4.29. The maximum absolute atomic E-state index is 5.44. The first-order valence-corrected chi connectivity index (χ1v) is 7.63. The molecular weight excluding hydrogens is 262 g/mol. The molecule has 1 saturated heterocycles. The molecule has 4 heteroatoms. The summed E-state index contributed by atoms with van der Waals surface area (Å²) < 4.78 is 7.32. The molecule has 0 radical (unpaired) electrons. The smallest absolute Gasteiger partial charge is 0.0645 e. The van der Waals surface area contributed by atoms with E-state index in [9.17, 15) is 0 Å². The highest BCUT2D eigenvalue weighted by Crippen LogP contribution is 2.28. The zero-order chi connectivity index (χ0) is 14.5. The molecule has 3 rings (SSSR count). The number of rotatable bonds is 5. The van der Waals surface area contributed by atoms with Gasteiger partial charge in [0.05, 0.1) is 5.69 Å². The summed E-state index contributed by atoms with van der Waals surface area (Å²) in [6.45, 7) is 6.12. The highest BCUT2D eigenvalue weighted by molar-refractivity contribution is 5.33. The molecular formula is C17H23N3O. The Bertz CT molecular complexity index is 542. The maximum Gasteiger partial charge on any atom is 0.0645 e. The van der Waals surface area contributed by atoms with E-state index in [1.807, 2.05) is 16.9 Å². The Hall–Kier alpha value is -1.65. The normalized spacial score (nSPS) is 17.8. The van der Waals surface area contributed by atoms with E-state index in [1.54, 1.807) is 6.20 Å². The number of benzene rings is 1. The second-order valence-electron chi connectivity index (χ2n) is 6.14. The van der Waals surface area contributed by atoms with Crippen LogP contribution in [0.1, 0.15) is 25.3 Å². The van der Waals surface area contributed by atoms with E-state index in [-0.39, 0.29) is 0 Å². The molecule has 1 aromatic heterocycles. The third kappa shape index (κ3) is 3.71. The van der Waals surface area contributed by atoms with Crippen LogP contribution >= 0.6 is 0 Å². The van der Waals surface area contributed by atoms with E-state index in [2.05, 4.69) is 41.6 Å². The molecule has 0 saturated carbocycles. The van der Waals surface area contributed by atoms with Crippen molar-refractivity contribution in [3.8, 4) is 5.69 Å². The van der Waals surface area contributed by atoms with Crippen molar-refractivity contribution in [3.63, 3.8) is 0 Å². The summed E-state index contributed by atoms with van der Waals surface area (Å²) in [6, 6.07) is 10.5. The summed E-state index contributed by atoms with van der Waals surface area (Å²) in [5.74, 6) is 0. The molecule has 21 heavy (non-hydrogen) atoms. The van der Waals surface area contributed by atoms with E-state index >= 15 is 0 Å². The summed E-state index contributed by atoms with van der Waals surface area (Å²) in [5.41, 5.74) is 2.79. The minimum atomic E-state index is 0.382. The van der Waals surface area contributed by atoms with Crippen molar-refractivity contribution in [2.45, 2.75) is 26.3 Å². The van der Waals surface area contributed by atoms with Gasteiger partial charge < -0.3 is 10.1 Å². The average Bonchev–Trinajstić information content (AvgIpc) is 3.03. The minimum Gasteiger partial charge on any atom is -0.381 e. The van der Waals surface area contributed by atoms with Gasteiger partial charge >= 0.3 is 0 Å². The first-order chi connectivity index (χ1) is 10.3. The highest BCUT2D eigenvalue weighted by Gasteiger charge is 2.26. The molecule has 2 heterocycles. The molecule has 1 aliphatic heterocycles. The van der Waals surface area contributed by atoms with Gasteiger partial charge in [-0.15, -0.1) is 0 Å². The number of nitrogens with zero attached hydrogens (tertiary/aromatic N) is 2. The molecule has 1 aliphatic rings. The van der Waals surface area contributed by atoms with Crippen LogP contribution in [0.4, 0.5) is 0 Å². The molecule has 1 aromatic carbocycles. The quantitative estimate of drug-likeness (QED) is 0.918. The van der Waals surface area contributed by atoms with Gasteiger partial charge in [0.15, 0.2) is 0 Å². The Kier molecular flexibility index (Phi) is 4.36. The van der Waals surface area contributed by atoms with Crippen LogP contribution in [0.25, 0.3) is 5.69 Å². The van der Waals surface area contributed by atoms with Gasteiger partial charge in [-0.05, 0) is 42.0 Å². The maximum atomic E-state index is 5.44. The summed E-state index contributed by atoms with van der Waals surface area (Å²) in [5, 5.41) is 7.83. The molecule has 2 aromatic rings. The van der Waals surface area contributed by atoms with E-state index in [0.29, 0.717) is 5.41 Å². The van der Waals surface area contributed by atoms with Gasteiger partial charge in [-0.2, -0.15) is 5.10 Å². The summed E-state index contributed by atoms with van der Waals surface area (Å²) in [7, 11) is 0. The molecule has 112 valence electrons. The van der Waals surface area contributed by atoms with Crippen LogP contribution in [-0.4, -0.2) is 29.5 Å². The second kappa shape index (κ2) is 6.41. The van der Waals surface area contributed by atoms with Gasteiger partial charge in [0.2, 0.25) is 0 Å². The van der Waals surface area contributed by atoms with Crippen molar-refractivity contribution in [1.29, 1.82) is 0 Å². The van der Waals surface area contributed by atoms with E-state index in [4.69, 9.17) is 4.74 Å². The van der Waals surface area contributed by atoms with Gasteiger partial charge in [-0.25, -0.2) is 4.68 Å².